The number of hydrogen-bond acceptors (Lipinski definition) is 5. The molecule has 194 valence electrons. The van der Waals surface area contributed by atoms with Crippen molar-refractivity contribution in [3.8, 4) is 11.5 Å². The van der Waals surface area contributed by atoms with E-state index in [0.717, 1.165) is 28.1 Å². The van der Waals surface area contributed by atoms with Gasteiger partial charge in [0, 0.05) is 34.4 Å². The molecular weight excluding hydrogens is 496 g/mol. The minimum absolute atomic E-state index is 0.184. The van der Waals surface area contributed by atoms with Gasteiger partial charge in [-0.25, -0.2) is 4.79 Å². The van der Waals surface area contributed by atoms with Gasteiger partial charge in [-0.05, 0) is 77.4 Å². The molecule has 0 aliphatic heterocycles. The lowest BCUT2D eigenvalue weighted by Crippen LogP contribution is -2.07. The summed E-state index contributed by atoms with van der Waals surface area (Å²) in [7, 11) is 0. The second-order valence-corrected chi connectivity index (χ2v) is 8.87. The number of rotatable bonds is 10. The number of carboxylic acid groups (broad SMARTS) is 1. The molecular formula is C31H24N2O6. The van der Waals surface area contributed by atoms with Gasteiger partial charge in [0.15, 0.2) is 0 Å². The van der Waals surface area contributed by atoms with Crippen LogP contribution in [0.3, 0.4) is 0 Å². The van der Waals surface area contributed by atoms with Crippen molar-refractivity contribution in [2.24, 2.45) is 5.18 Å². The van der Waals surface area contributed by atoms with Crippen molar-refractivity contribution in [2.75, 3.05) is 6.61 Å². The molecule has 5 aromatic rings. The molecule has 0 saturated carbocycles. The third-order valence-electron chi connectivity index (χ3n) is 6.25. The summed E-state index contributed by atoms with van der Waals surface area (Å²) < 4.78 is 13.6. The number of ether oxygens (including phenoxy) is 2. The summed E-state index contributed by atoms with van der Waals surface area (Å²) in [4.78, 5) is 33.8. The molecule has 39 heavy (non-hydrogen) atoms. The molecule has 0 spiro atoms. The van der Waals surface area contributed by atoms with Crippen LogP contribution in [0.25, 0.3) is 27.8 Å². The Kier molecular flexibility index (Phi) is 7.45. The van der Waals surface area contributed by atoms with Gasteiger partial charge in [0.2, 0.25) is 5.76 Å². The first-order valence-corrected chi connectivity index (χ1v) is 12.3. The first-order valence-electron chi connectivity index (χ1n) is 12.3. The lowest BCUT2D eigenvalue weighted by Gasteiger charge is -2.09. The molecule has 0 aliphatic rings. The minimum atomic E-state index is -1.16. The van der Waals surface area contributed by atoms with Crippen LogP contribution in [-0.2, 0) is 11.3 Å². The molecule has 5 rings (SSSR count). The second-order valence-electron chi connectivity index (χ2n) is 8.87. The quantitative estimate of drug-likeness (QED) is 0.0953. The van der Waals surface area contributed by atoms with Gasteiger partial charge in [-0.3, -0.25) is 4.79 Å². The van der Waals surface area contributed by atoms with Crippen molar-refractivity contribution in [3.05, 3.63) is 119 Å². The van der Waals surface area contributed by atoms with E-state index in [-0.39, 0.29) is 11.3 Å². The average Bonchev–Trinajstić information content (AvgIpc) is 3.37. The highest BCUT2D eigenvalue weighted by Gasteiger charge is 2.12. The predicted octanol–water partition coefficient (Wildman–Crippen LogP) is 6.67. The summed E-state index contributed by atoms with van der Waals surface area (Å²) in [5, 5.41) is 15.0. The molecule has 1 N–H and O–H groups in total. The fraction of sp³-hybridized carbons (Fsp3) is 0.0968. The van der Waals surface area contributed by atoms with E-state index < -0.39 is 11.9 Å². The zero-order valence-corrected chi connectivity index (χ0v) is 20.8. The standard InChI is InChI=1S/C31H24N2O6/c34-30(32-37)25-9-13-28-24(19-25)14-16-33(28)15-3-17-38-26-10-6-21(7-11-26)18-29(31(35)36)39-27-12-8-22-4-1-2-5-23(22)20-27/h1-2,4-14,16,18-20H,3,15,17H2,(H,35,36)/b29-18-. The van der Waals surface area contributed by atoms with Gasteiger partial charge < -0.3 is 19.1 Å². The van der Waals surface area contributed by atoms with E-state index in [1.165, 1.54) is 6.08 Å². The molecule has 0 bridgehead atoms. The first kappa shape index (κ1) is 25.4. The van der Waals surface area contributed by atoms with Crippen molar-refractivity contribution < 1.29 is 24.2 Å². The first-order chi connectivity index (χ1) is 19.0. The highest BCUT2D eigenvalue weighted by atomic mass is 16.5. The number of aryl methyl sites for hydroxylation is 1. The largest absolute Gasteiger partial charge is 0.494 e. The van der Waals surface area contributed by atoms with E-state index in [2.05, 4.69) is 9.74 Å². The number of carbonyl (C=O) groups excluding carboxylic acids is 1. The number of amides is 1. The summed E-state index contributed by atoms with van der Waals surface area (Å²) >= 11 is 0. The third kappa shape index (κ3) is 6.02. The summed E-state index contributed by atoms with van der Waals surface area (Å²) in [5.41, 5.74) is 1.89. The van der Waals surface area contributed by atoms with E-state index in [1.807, 2.05) is 48.7 Å². The number of nitroso groups, excluding NO2 is 1. The summed E-state index contributed by atoms with van der Waals surface area (Å²) in [6.45, 7) is 1.18. The molecule has 1 heterocycles. The Morgan fingerprint density at radius 2 is 1.62 bits per heavy atom. The van der Waals surface area contributed by atoms with Gasteiger partial charge in [-0.2, -0.15) is 0 Å². The zero-order chi connectivity index (χ0) is 27.2. The van der Waals surface area contributed by atoms with E-state index in [0.29, 0.717) is 30.2 Å². The zero-order valence-electron chi connectivity index (χ0n) is 20.8. The van der Waals surface area contributed by atoms with Crippen LogP contribution in [0, 0.1) is 4.91 Å². The highest BCUT2D eigenvalue weighted by molar-refractivity contribution is 5.98. The lowest BCUT2D eigenvalue weighted by molar-refractivity contribution is -0.134. The van der Waals surface area contributed by atoms with Gasteiger partial charge in [-0.15, -0.1) is 4.91 Å². The van der Waals surface area contributed by atoms with E-state index in [9.17, 15) is 19.6 Å². The maximum Gasteiger partial charge on any atom is 0.371 e. The average molecular weight is 521 g/mol. The second kappa shape index (κ2) is 11.4. The van der Waals surface area contributed by atoms with Crippen LogP contribution in [0.4, 0.5) is 0 Å². The Bertz CT molecular complexity index is 1700. The maximum absolute atomic E-state index is 11.8. The Morgan fingerprint density at radius 1 is 0.846 bits per heavy atom. The van der Waals surface area contributed by atoms with E-state index in [1.54, 1.807) is 48.5 Å². The van der Waals surface area contributed by atoms with Crippen molar-refractivity contribution in [3.63, 3.8) is 0 Å². The number of hydrogen-bond donors (Lipinski definition) is 1. The number of benzene rings is 4. The number of aromatic nitrogens is 1. The number of aliphatic carboxylic acids is 1. The molecule has 1 aromatic heterocycles. The van der Waals surface area contributed by atoms with Gasteiger partial charge in [-0.1, -0.05) is 42.5 Å². The molecule has 0 atom stereocenters. The van der Waals surface area contributed by atoms with Crippen LogP contribution in [0.1, 0.15) is 22.3 Å². The van der Waals surface area contributed by atoms with Gasteiger partial charge in [0.05, 0.1) is 6.61 Å². The molecule has 0 fully saturated rings. The molecule has 0 radical (unpaired) electrons. The molecule has 8 nitrogen and oxygen atoms in total. The van der Waals surface area contributed by atoms with Crippen LogP contribution in [0.5, 0.6) is 11.5 Å². The lowest BCUT2D eigenvalue weighted by atomic mass is 10.1. The fourth-order valence-electron chi connectivity index (χ4n) is 4.31. The monoisotopic (exact) mass is 520 g/mol. The Balaban J connectivity index is 1.17. The van der Waals surface area contributed by atoms with Crippen molar-refractivity contribution in [1.29, 1.82) is 0 Å². The summed E-state index contributed by atoms with van der Waals surface area (Å²) in [5.74, 6) is -1.01. The number of nitrogens with zero attached hydrogens (tertiary/aromatic N) is 2. The van der Waals surface area contributed by atoms with Crippen LogP contribution in [0.2, 0.25) is 0 Å². The van der Waals surface area contributed by atoms with Crippen molar-refractivity contribution >= 4 is 39.6 Å². The SMILES string of the molecule is O=NC(=O)c1ccc2c(ccn2CCCOc2ccc(/C=C(\Oc3ccc4ccccc4c3)C(=O)O)cc2)c1. The molecule has 0 aliphatic carbocycles. The van der Waals surface area contributed by atoms with Crippen LogP contribution in [0.15, 0.2) is 108 Å². The molecule has 8 heteroatoms. The fourth-order valence-corrected chi connectivity index (χ4v) is 4.31. The van der Waals surface area contributed by atoms with Crippen LogP contribution in [-0.4, -0.2) is 28.2 Å². The van der Waals surface area contributed by atoms with Crippen molar-refractivity contribution in [1.82, 2.24) is 4.57 Å². The smallest absolute Gasteiger partial charge is 0.371 e. The third-order valence-corrected chi connectivity index (χ3v) is 6.25. The van der Waals surface area contributed by atoms with Gasteiger partial charge in [0.1, 0.15) is 11.5 Å². The normalized spacial score (nSPS) is 11.4. The van der Waals surface area contributed by atoms with E-state index >= 15 is 0 Å². The van der Waals surface area contributed by atoms with Gasteiger partial charge >= 0.3 is 11.9 Å². The summed E-state index contributed by atoms with van der Waals surface area (Å²) in [6.07, 6.45) is 4.14. The van der Waals surface area contributed by atoms with E-state index in [4.69, 9.17) is 9.47 Å². The van der Waals surface area contributed by atoms with Crippen molar-refractivity contribution in [2.45, 2.75) is 13.0 Å². The number of carbonyl (C=O) groups is 2. The predicted molar refractivity (Wildman–Crippen MR) is 149 cm³/mol. The molecule has 0 saturated heterocycles. The Morgan fingerprint density at radius 3 is 2.38 bits per heavy atom. The highest BCUT2D eigenvalue weighted by Crippen LogP contribution is 2.24. The Hall–Kier alpha value is -5.24. The topological polar surface area (TPSA) is 107 Å². The van der Waals surface area contributed by atoms with Gasteiger partial charge in [0.25, 0.3) is 0 Å². The maximum atomic E-state index is 11.8. The summed E-state index contributed by atoms with van der Waals surface area (Å²) in [6, 6.07) is 27.3. The Labute approximate surface area is 223 Å². The van der Waals surface area contributed by atoms with Crippen LogP contribution >= 0.6 is 0 Å². The molecule has 4 aromatic carbocycles. The van der Waals surface area contributed by atoms with Crippen LogP contribution < -0.4 is 9.47 Å². The molecule has 1 amide bonds. The minimum Gasteiger partial charge on any atom is -0.494 e. The molecule has 0 unspecified atom stereocenters. The number of carboxylic acids is 1. The number of fused-ring (bicyclic) bond motifs is 2.